The van der Waals surface area contributed by atoms with Crippen molar-refractivity contribution in [2.75, 3.05) is 14.2 Å². The van der Waals surface area contributed by atoms with Gasteiger partial charge in [0.15, 0.2) is 0 Å². The lowest BCUT2D eigenvalue weighted by Gasteiger charge is -2.19. The molecule has 0 spiro atoms. The fourth-order valence-electron chi connectivity index (χ4n) is 4.02. The summed E-state index contributed by atoms with van der Waals surface area (Å²) in [5.41, 5.74) is 3.62. The summed E-state index contributed by atoms with van der Waals surface area (Å²) < 4.78 is 21.7. The average Bonchev–Trinajstić information content (AvgIpc) is 3.21. The number of benzene rings is 2. The maximum atomic E-state index is 14.5. The molecule has 4 rings (SSSR count). The highest BCUT2D eigenvalue weighted by molar-refractivity contribution is 7.75. The molecule has 2 heterocycles. The molecule has 1 unspecified atom stereocenters. The van der Waals surface area contributed by atoms with Gasteiger partial charge in [-0.2, -0.15) is 0 Å². The van der Waals surface area contributed by atoms with Crippen molar-refractivity contribution in [3.63, 3.8) is 0 Å². The van der Waals surface area contributed by atoms with Crippen LogP contribution in [0.2, 0.25) is 5.02 Å². The normalized spacial score (nSPS) is 13.0. The van der Waals surface area contributed by atoms with E-state index in [9.17, 15) is 9.36 Å². The Kier molecular flexibility index (Phi) is 6.80. The summed E-state index contributed by atoms with van der Waals surface area (Å²) in [6.07, 6.45) is 3.49. The first kappa shape index (κ1) is 24.0. The number of aromatic amines is 1. The van der Waals surface area contributed by atoms with E-state index in [0.717, 1.165) is 16.7 Å². The molecule has 176 valence electrons. The van der Waals surface area contributed by atoms with E-state index in [-0.39, 0.29) is 12.2 Å². The zero-order chi connectivity index (χ0) is 24.5. The average molecular weight is 499 g/mol. The first-order chi connectivity index (χ1) is 16.2. The monoisotopic (exact) mass is 498 g/mol. The standard InChI is InChI=1S/C25H25ClN3O4P/c1-16-11-17(2)13-20(12-16)34(31,33-4)24-21-14-19(26)5-6-22(21)28-23(24)25(30)27-15-18-7-9-29(32-3)10-8-18/h5-14H,15H2,1-4H3,(H-,27,28,30,31)/p+1. The van der Waals surface area contributed by atoms with Crippen LogP contribution in [0.5, 0.6) is 0 Å². The number of halogens is 1. The van der Waals surface area contributed by atoms with Crippen LogP contribution >= 0.6 is 19.0 Å². The fraction of sp³-hybridized carbons (Fsp3) is 0.200. The van der Waals surface area contributed by atoms with E-state index in [1.165, 1.54) is 7.11 Å². The van der Waals surface area contributed by atoms with Crippen molar-refractivity contribution < 1.29 is 23.5 Å². The molecule has 2 aromatic carbocycles. The summed E-state index contributed by atoms with van der Waals surface area (Å²) in [6, 6.07) is 14.5. The summed E-state index contributed by atoms with van der Waals surface area (Å²) in [7, 11) is -0.679. The number of H-pyrrole nitrogens is 1. The van der Waals surface area contributed by atoms with Crippen LogP contribution in [0.25, 0.3) is 10.9 Å². The Morgan fingerprint density at radius 2 is 1.74 bits per heavy atom. The Hall–Kier alpha value is -3.12. The van der Waals surface area contributed by atoms with Crippen LogP contribution in [0.15, 0.2) is 60.9 Å². The van der Waals surface area contributed by atoms with Gasteiger partial charge in [0.25, 0.3) is 13.3 Å². The minimum atomic E-state index is -3.64. The van der Waals surface area contributed by atoms with Crippen LogP contribution in [0, 0.1) is 13.8 Å². The van der Waals surface area contributed by atoms with Crippen molar-refractivity contribution >= 4 is 46.4 Å². The predicted octanol–water partition coefficient (Wildman–Crippen LogP) is 3.59. The van der Waals surface area contributed by atoms with E-state index < -0.39 is 13.3 Å². The molecule has 0 aliphatic rings. The third kappa shape index (κ3) is 4.60. The molecule has 2 aromatic heterocycles. The van der Waals surface area contributed by atoms with Crippen molar-refractivity contribution in [1.29, 1.82) is 0 Å². The molecule has 7 nitrogen and oxygen atoms in total. The fourth-order valence-corrected chi connectivity index (χ4v) is 6.55. The summed E-state index contributed by atoms with van der Waals surface area (Å²) in [4.78, 5) is 21.6. The second-order valence-corrected chi connectivity index (χ2v) is 10.9. The number of amides is 1. The summed E-state index contributed by atoms with van der Waals surface area (Å²) in [5, 5.41) is 4.79. The van der Waals surface area contributed by atoms with Gasteiger partial charge in [0.1, 0.15) is 12.8 Å². The minimum Gasteiger partial charge on any atom is -0.350 e. The van der Waals surface area contributed by atoms with Gasteiger partial charge in [-0.3, -0.25) is 14.2 Å². The van der Waals surface area contributed by atoms with Gasteiger partial charge < -0.3 is 14.8 Å². The molecule has 0 saturated heterocycles. The lowest BCUT2D eigenvalue weighted by Crippen LogP contribution is -2.39. The van der Waals surface area contributed by atoms with Gasteiger partial charge in [0.05, 0.1) is 5.30 Å². The van der Waals surface area contributed by atoms with Crippen molar-refractivity contribution in [1.82, 2.24) is 10.3 Å². The first-order valence-electron chi connectivity index (χ1n) is 10.6. The molecule has 2 N–H and O–H groups in total. The number of rotatable bonds is 7. The summed E-state index contributed by atoms with van der Waals surface area (Å²) in [5.74, 6) is -0.396. The Morgan fingerprint density at radius 1 is 1.06 bits per heavy atom. The molecule has 0 radical (unpaired) electrons. The second kappa shape index (κ2) is 9.63. The van der Waals surface area contributed by atoms with E-state index in [2.05, 4.69) is 10.3 Å². The predicted molar refractivity (Wildman–Crippen MR) is 133 cm³/mol. The zero-order valence-electron chi connectivity index (χ0n) is 19.4. The maximum Gasteiger partial charge on any atom is 0.268 e. The van der Waals surface area contributed by atoms with Gasteiger partial charge in [0.2, 0.25) is 12.4 Å². The van der Waals surface area contributed by atoms with Crippen LogP contribution < -0.4 is 25.5 Å². The molecule has 9 heteroatoms. The number of fused-ring (bicyclic) bond motifs is 1. The van der Waals surface area contributed by atoms with Gasteiger partial charge >= 0.3 is 0 Å². The van der Waals surface area contributed by atoms with Crippen LogP contribution in [-0.2, 0) is 15.6 Å². The van der Waals surface area contributed by atoms with Gasteiger partial charge in [-0.1, -0.05) is 28.8 Å². The van der Waals surface area contributed by atoms with E-state index in [1.54, 1.807) is 42.4 Å². The Morgan fingerprint density at radius 3 is 2.35 bits per heavy atom. The maximum absolute atomic E-state index is 14.5. The summed E-state index contributed by atoms with van der Waals surface area (Å²) in [6.45, 7) is 4.15. The third-order valence-electron chi connectivity index (χ3n) is 5.59. The third-order valence-corrected chi connectivity index (χ3v) is 8.33. The molecular formula is C25H26ClN3O4P+. The largest absolute Gasteiger partial charge is 0.350 e. The van der Waals surface area contributed by atoms with Crippen molar-refractivity contribution in [3.05, 3.63) is 88.3 Å². The Labute approximate surface area is 203 Å². The zero-order valence-corrected chi connectivity index (χ0v) is 21.0. The smallest absolute Gasteiger partial charge is 0.268 e. The van der Waals surface area contributed by atoms with Crippen molar-refractivity contribution in [2.24, 2.45) is 0 Å². The minimum absolute atomic E-state index is 0.185. The number of nitrogens with one attached hydrogen (secondary N) is 2. The Balaban J connectivity index is 1.81. The second-order valence-electron chi connectivity index (χ2n) is 8.05. The van der Waals surface area contributed by atoms with E-state index in [1.807, 2.05) is 44.2 Å². The molecule has 0 fully saturated rings. The lowest BCUT2D eigenvalue weighted by atomic mass is 10.2. The van der Waals surface area contributed by atoms with Gasteiger partial charge in [-0.05, 0) is 49.7 Å². The number of hydrogen-bond donors (Lipinski definition) is 2. The van der Waals surface area contributed by atoms with Gasteiger partial charge in [0, 0.05) is 51.7 Å². The van der Waals surface area contributed by atoms with Gasteiger partial charge in [-0.25, -0.2) is 0 Å². The number of aromatic nitrogens is 2. The molecule has 34 heavy (non-hydrogen) atoms. The Bertz CT molecular complexity index is 1400. The van der Waals surface area contributed by atoms with Crippen molar-refractivity contribution in [2.45, 2.75) is 20.4 Å². The lowest BCUT2D eigenvalue weighted by molar-refractivity contribution is -0.885. The topological polar surface area (TPSA) is 84.3 Å². The molecule has 4 aromatic rings. The van der Waals surface area contributed by atoms with E-state index in [4.69, 9.17) is 21.0 Å². The quantitative estimate of drug-likeness (QED) is 0.301. The highest BCUT2D eigenvalue weighted by atomic mass is 35.5. The van der Waals surface area contributed by atoms with Crippen molar-refractivity contribution in [3.8, 4) is 0 Å². The molecule has 1 atom stereocenters. The van der Waals surface area contributed by atoms with E-state index >= 15 is 0 Å². The SMILES string of the molecule is CO[n+]1ccc(CNC(=O)c2[nH]c3ccc(Cl)cc3c2P(=O)(OC)c2cc(C)cc(C)c2)cc1. The molecule has 0 aliphatic carbocycles. The van der Waals surface area contributed by atoms with Crippen LogP contribution in [0.4, 0.5) is 0 Å². The van der Waals surface area contributed by atoms with Crippen LogP contribution in [-0.4, -0.2) is 25.1 Å². The number of nitrogens with zero attached hydrogens (tertiary/aromatic N) is 1. The highest BCUT2D eigenvalue weighted by Gasteiger charge is 2.36. The van der Waals surface area contributed by atoms with Crippen LogP contribution in [0.1, 0.15) is 27.2 Å². The number of carbonyl (C=O) groups is 1. The number of carbonyl (C=O) groups excluding carboxylic acids is 1. The molecule has 0 aliphatic heterocycles. The molecule has 1 amide bonds. The van der Waals surface area contributed by atoms with E-state index in [0.29, 0.717) is 26.5 Å². The number of pyridine rings is 1. The highest BCUT2D eigenvalue weighted by Crippen LogP contribution is 2.47. The molecule has 0 saturated carbocycles. The number of hydrogen-bond acceptors (Lipinski definition) is 4. The molecule has 0 bridgehead atoms. The number of aryl methyl sites for hydroxylation is 2. The van der Waals surface area contributed by atoms with Crippen LogP contribution in [0.3, 0.4) is 0 Å². The first-order valence-corrected chi connectivity index (χ1v) is 12.6. The molecular weight excluding hydrogens is 473 g/mol. The van der Waals surface area contributed by atoms with Gasteiger partial charge in [-0.15, -0.1) is 0 Å². The summed E-state index contributed by atoms with van der Waals surface area (Å²) >= 11 is 6.28.